The Bertz CT molecular complexity index is 3810. The van der Waals surface area contributed by atoms with Gasteiger partial charge in [-0.3, -0.25) is 0 Å². The van der Waals surface area contributed by atoms with Gasteiger partial charge in [0.2, 0.25) is 0 Å². The summed E-state index contributed by atoms with van der Waals surface area (Å²) < 4.78 is 9.38. The third kappa shape index (κ3) is 6.76. The number of para-hydroxylation sites is 2. The highest BCUT2D eigenvalue weighted by atomic mass is 16.3. The van der Waals surface area contributed by atoms with Crippen LogP contribution in [0.4, 0.5) is 0 Å². The van der Waals surface area contributed by atoms with Gasteiger partial charge in [-0.05, 0) is 63.7 Å². The fourth-order valence-electron chi connectivity index (χ4n) is 9.79. The summed E-state index contributed by atoms with van der Waals surface area (Å²) in [6.45, 7) is 0. The average Bonchev–Trinajstić information content (AvgIpc) is 3.97. The van der Waals surface area contributed by atoms with Crippen LogP contribution in [0.2, 0.25) is 0 Å². The molecule has 13 rings (SSSR count). The Morgan fingerprint density at radius 3 is 1.22 bits per heavy atom. The van der Waals surface area contributed by atoms with Gasteiger partial charge >= 0.3 is 0 Å². The molecule has 5 nitrogen and oxygen atoms in total. The van der Waals surface area contributed by atoms with Crippen molar-refractivity contribution in [1.29, 1.82) is 0 Å². The molecule has 0 N–H and O–H groups in total. The van der Waals surface area contributed by atoms with Crippen LogP contribution >= 0.6 is 0 Å². The van der Waals surface area contributed by atoms with E-state index in [1.165, 1.54) is 0 Å². The van der Waals surface area contributed by atoms with Crippen molar-refractivity contribution in [1.82, 2.24) is 19.5 Å². The van der Waals surface area contributed by atoms with E-state index in [0.717, 1.165) is 111 Å². The van der Waals surface area contributed by atoms with Gasteiger partial charge in [-0.1, -0.05) is 212 Å². The Kier molecular flexibility index (Phi) is 9.43. The predicted molar refractivity (Wildman–Crippen MR) is 279 cm³/mol. The number of benzene rings is 10. The molecular weight excluding hydrogens is 829 g/mol. The van der Waals surface area contributed by atoms with Gasteiger partial charge in [0.15, 0.2) is 23.1 Å². The van der Waals surface area contributed by atoms with Crippen molar-refractivity contribution < 1.29 is 4.42 Å². The van der Waals surface area contributed by atoms with Crippen LogP contribution < -0.4 is 0 Å². The molecule has 0 atom stereocenters. The zero-order chi connectivity index (χ0) is 45.0. The summed E-state index contributed by atoms with van der Waals surface area (Å²) in [6.07, 6.45) is 0. The minimum atomic E-state index is 0.579. The number of hydrogen-bond donors (Lipinski definition) is 0. The summed E-state index contributed by atoms with van der Waals surface area (Å²) >= 11 is 0. The Morgan fingerprint density at radius 2 is 0.691 bits per heavy atom. The molecule has 3 aromatic heterocycles. The SMILES string of the molecule is c1ccc(-c2ccc(-c3cc(-c4nc(-c5ccccc5)nc(-c5ccccc5)n4)cc(-c4ccc(-c5ccccc5)cc4)c3-n3c4ccccc4c4ccc5c6ccccc6oc5c43)cc2)cc1. The molecule has 0 aliphatic carbocycles. The number of aromatic nitrogens is 4. The lowest BCUT2D eigenvalue weighted by Gasteiger charge is -2.21. The van der Waals surface area contributed by atoms with Crippen LogP contribution in [0.3, 0.4) is 0 Å². The Balaban J connectivity index is 1.16. The first kappa shape index (κ1) is 39.2. The molecule has 3 heterocycles. The molecule has 0 fully saturated rings. The van der Waals surface area contributed by atoms with Crippen LogP contribution in [0.1, 0.15) is 0 Å². The first-order valence-electron chi connectivity index (χ1n) is 22.9. The quantitative estimate of drug-likeness (QED) is 0.153. The highest BCUT2D eigenvalue weighted by Gasteiger charge is 2.26. The second kappa shape index (κ2) is 16.4. The minimum absolute atomic E-state index is 0.579. The molecule has 0 spiro atoms. The van der Waals surface area contributed by atoms with E-state index in [4.69, 9.17) is 19.4 Å². The number of nitrogens with zero attached hydrogens (tertiary/aromatic N) is 4. The standard InChI is InChI=1S/C63H40N4O/c1-5-17-41(18-6-1)43-29-33-45(34-30-43)54-39-49(63-65-61(47-21-9-3-10-22-47)64-62(66-63)48-23-11-4-12-24-48)40-55(46-35-31-44(32-36-46)42-19-7-2-8-20-42)58(54)67-56-27-15-13-25-50(56)52-37-38-53-51-26-14-16-28-57(51)68-60(53)59(52)67/h1-40H. The second-order valence-corrected chi connectivity index (χ2v) is 17.1. The molecule has 0 amide bonds. The molecule has 0 saturated carbocycles. The van der Waals surface area contributed by atoms with E-state index in [2.05, 4.69) is 205 Å². The zero-order valence-electron chi connectivity index (χ0n) is 36.8. The molecule has 318 valence electrons. The smallest absolute Gasteiger partial charge is 0.164 e. The topological polar surface area (TPSA) is 56.7 Å². The van der Waals surface area contributed by atoms with Crippen LogP contribution in [0.5, 0.6) is 0 Å². The normalized spacial score (nSPS) is 11.5. The molecule has 0 aliphatic heterocycles. The summed E-state index contributed by atoms with van der Waals surface area (Å²) in [4.78, 5) is 15.7. The monoisotopic (exact) mass is 868 g/mol. The van der Waals surface area contributed by atoms with Crippen LogP contribution in [-0.2, 0) is 0 Å². The summed E-state index contributed by atoms with van der Waals surface area (Å²) in [7, 11) is 0. The summed E-state index contributed by atoms with van der Waals surface area (Å²) in [5.41, 5.74) is 16.2. The average molecular weight is 869 g/mol. The van der Waals surface area contributed by atoms with E-state index in [1.807, 2.05) is 42.5 Å². The molecule has 0 bridgehead atoms. The summed E-state index contributed by atoms with van der Waals surface area (Å²) in [6, 6.07) is 85.4. The highest BCUT2D eigenvalue weighted by Crippen LogP contribution is 2.47. The van der Waals surface area contributed by atoms with Crippen LogP contribution in [-0.4, -0.2) is 19.5 Å². The van der Waals surface area contributed by atoms with Gasteiger partial charge in [0.1, 0.15) is 5.58 Å². The maximum Gasteiger partial charge on any atom is 0.164 e. The van der Waals surface area contributed by atoms with Crippen LogP contribution in [0.15, 0.2) is 247 Å². The van der Waals surface area contributed by atoms with Crippen molar-refractivity contribution in [3.63, 3.8) is 0 Å². The largest absolute Gasteiger partial charge is 0.454 e. The Hall–Kier alpha value is -9.19. The molecular formula is C63H40N4O. The number of fused-ring (bicyclic) bond motifs is 7. The molecule has 10 aromatic carbocycles. The summed E-state index contributed by atoms with van der Waals surface area (Å²) in [5, 5.41) is 4.42. The van der Waals surface area contributed by atoms with E-state index in [-0.39, 0.29) is 0 Å². The van der Waals surface area contributed by atoms with Gasteiger partial charge in [0.05, 0.1) is 16.7 Å². The van der Waals surface area contributed by atoms with Gasteiger partial charge in [-0.15, -0.1) is 0 Å². The first-order chi connectivity index (χ1) is 33.7. The van der Waals surface area contributed by atoms with Crippen molar-refractivity contribution in [2.24, 2.45) is 0 Å². The Morgan fingerprint density at radius 1 is 0.294 bits per heavy atom. The third-order valence-electron chi connectivity index (χ3n) is 13.1. The van der Waals surface area contributed by atoms with E-state index in [0.29, 0.717) is 17.5 Å². The van der Waals surface area contributed by atoms with Crippen LogP contribution in [0, 0.1) is 0 Å². The Labute approximate surface area is 392 Å². The van der Waals surface area contributed by atoms with E-state index in [1.54, 1.807) is 0 Å². The zero-order valence-corrected chi connectivity index (χ0v) is 36.8. The van der Waals surface area contributed by atoms with Crippen molar-refractivity contribution in [2.45, 2.75) is 0 Å². The van der Waals surface area contributed by atoms with Gasteiger partial charge in [-0.25, -0.2) is 15.0 Å². The van der Waals surface area contributed by atoms with Crippen molar-refractivity contribution in [3.8, 4) is 84.4 Å². The lowest BCUT2D eigenvalue weighted by Crippen LogP contribution is -2.04. The highest BCUT2D eigenvalue weighted by molar-refractivity contribution is 6.22. The van der Waals surface area contributed by atoms with Gasteiger partial charge in [0, 0.05) is 49.4 Å². The molecule has 0 aliphatic rings. The molecule has 0 saturated heterocycles. The van der Waals surface area contributed by atoms with Crippen molar-refractivity contribution in [3.05, 3.63) is 243 Å². The molecule has 13 aromatic rings. The van der Waals surface area contributed by atoms with E-state index >= 15 is 0 Å². The second-order valence-electron chi connectivity index (χ2n) is 17.1. The molecule has 68 heavy (non-hydrogen) atoms. The fourth-order valence-corrected chi connectivity index (χ4v) is 9.79. The minimum Gasteiger partial charge on any atom is -0.454 e. The number of furan rings is 1. The maximum atomic E-state index is 6.93. The van der Waals surface area contributed by atoms with E-state index in [9.17, 15) is 0 Å². The van der Waals surface area contributed by atoms with Crippen molar-refractivity contribution >= 4 is 43.7 Å². The number of rotatable bonds is 8. The molecule has 5 heteroatoms. The fraction of sp³-hybridized carbons (Fsp3) is 0. The lowest BCUT2D eigenvalue weighted by molar-refractivity contribution is 0.671. The summed E-state index contributed by atoms with van der Waals surface area (Å²) in [5.74, 6) is 1.79. The maximum absolute atomic E-state index is 6.93. The van der Waals surface area contributed by atoms with Gasteiger partial charge in [0.25, 0.3) is 0 Å². The van der Waals surface area contributed by atoms with Crippen LogP contribution in [0.25, 0.3) is 128 Å². The van der Waals surface area contributed by atoms with Gasteiger partial charge < -0.3 is 8.98 Å². The molecule has 0 radical (unpaired) electrons. The lowest BCUT2D eigenvalue weighted by atomic mass is 9.91. The number of hydrogen-bond acceptors (Lipinski definition) is 4. The van der Waals surface area contributed by atoms with Gasteiger partial charge in [-0.2, -0.15) is 0 Å². The first-order valence-corrected chi connectivity index (χ1v) is 22.9. The van der Waals surface area contributed by atoms with Crippen molar-refractivity contribution in [2.75, 3.05) is 0 Å². The third-order valence-corrected chi connectivity index (χ3v) is 13.1. The molecule has 0 unspecified atom stereocenters. The van der Waals surface area contributed by atoms with E-state index < -0.39 is 0 Å². The predicted octanol–water partition coefficient (Wildman–Crippen LogP) is 16.5.